The number of carbonyl (C=O) groups excluding carboxylic acids is 1. The number of aryl methyl sites for hydroxylation is 2. The molecule has 0 unspecified atom stereocenters. The molecule has 0 aliphatic heterocycles. The Bertz CT molecular complexity index is 563. The van der Waals surface area contributed by atoms with Gasteiger partial charge in [-0.05, 0) is 18.6 Å². The van der Waals surface area contributed by atoms with Crippen molar-refractivity contribution in [3.05, 3.63) is 47.3 Å². The molecule has 0 saturated carbocycles. The lowest BCUT2D eigenvalue weighted by atomic mass is 10.0. The molecule has 17 heavy (non-hydrogen) atoms. The van der Waals surface area contributed by atoms with Crippen molar-refractivity contribution in [3.63, 3.8) is 0 Å². The lowest BCUT2D eigenvalue weighted by Gasteiger charge is -2.04. The number of rotatable bonds is 3. The summed E-state index contributed by atoms with van der Waals surface area (Å²) in [6.07, 6.45) is 1.42. The van der Waals surface area contributed by atoms with Gasteiger partial charge in [0.25, 0.3) is 0 Å². The van der Waals surface area contributed by atoms with Crippen LogP contribution >= 0.6 is 0 Å². The van der Waals surface area contributed by atoms with E-state index in [0.717, 1.165) is 0 Å². The fourth-order valence-electron chi connectivity index (χ4n) is 1.58. The summed E-state index contributed by atoms with van der Waals surface area (Å²) in [5, 5.41) is 3.86. The molecule has 0 saturated heterocycles. The zero-order valence-electron chi connectivity index (χ0n) is 9.64. The van der Waals surface area contributed by atoms with Gasteiger partial charge < -0.3 is 0 Å². The van der Waals surface area contributed by atoms with E-state index in [9.17, 15) is 9.18 Å². The lowest BCUT2D eigenvalue weighted by molar-refractivity contribution is 0.0985. The maximum absolute atomic E-state index is 13.7. The highest BCUT2D eigenvalue weighted by atomic mass is 19.1. The van der Waals surface area contributed by atoms with Gasteiger partial charge in [0.2, 0.25) is 0 Å². The van der Waals surface area contributed by atoms with Crippen molar-refractivity contribution in [2.75, 3.05) is 0 Å². The Morgan fingerprint density at radius 3 is 2.88 bits per heavy atom. The quantitative estimate of drug-likeness (QED) is 0.758. The highest BCUT2D eigenvalue weighted by molar-refractivity contribution is 5.97. The summed E-state index contributed by atoms with van der Waals surface area (Å²) in [5.74, 6) is -0.224. The number of hydrogen-bond acceptors (Lipinski definition) is 3. The fraction of sp³-hybridized carbons (Fsp3) is 0.250. The summed E-state index contributed by atoms with van der Waals surface area (Å²) < 4.78 is 15.2. The van der Waals surface area contributed by atoms with E-state index in [0.29, 0.717) is 11.4 Å². The second kappa shape index (κ2) is 4.45. The van der Waals surface area contributed by atoms with E-state index in [1.165, 1.54) is 17.1 Å². The van der Waals surface area contributed by atoms with Crippen LogP contribution in [-0.4, -0.2) is 20.5 Å². The van der Waals surface area contributed by atoms with Crippen LogP contribution in [0.1, 0.15) is 21.7 Å². The molecule has 0 fully saturated rings. The predicted octanol–water partition coefficient (Wildman–Crippen LogP) is 1.69. The Morgan fingerprint density at radius 1 is 1.47 bits per heavy atom. The van der Waals surface area contributed by atoms with Crippen molar-refractivity contribution in [1.29, 1.82) is 0 Å². The second-order valence-electron chi connectivity index (χ2n) is 3.84. The Morgan fingerprint density at radius 2 is 2.24 bits per heavy atom. The average molecular weight is 233 g/mol. The van der Waals surface area contributed by atoms with Gasteiger partial charge in [0.05, 0.1) is 12.0 Å². The minimum absolute atomic E-state index is 0.0525. The van der Waals surface area contributed by atoms with Gasteiger partial charge in [-0.2, -0.15) is 5.10 Å². The summed E-state index contributed by atoms with van der Waals surface area (Å²) in [5.41, 5.74) is 0.571. The first-order valence-corrected chi connectivity index (χ1v) is 5.21. The van der Waals surface area contributed by atoms with Gasteiger partial charge in [0, 0.05) is 7.05 Å². The van der Waals surface area contributed by atoms with Crippen LogP contribution < -0.4 is 0 Å². The highest BCUT2D eigenvalue weighted by Gasteiger charge is 2.15. The average Bonchev–Trinajstić information content (AvgIpc) is 2.68. The molecule has 4 nitrogen and oxygen atoms in total. The third-order valence-electron chi connectivity index (χ3n) is 2.62. The van der Waals surface area contributed by atoms with Crippen molar-refractivity contribution >= 4 is 5.78 Å². The van der Waals surface area contributed by atoms with E-state index in [1.54, 1.807) is 26.1 Å². The SMILES string of the molecule is Cc1cccc(C(=O)Cc2ncnn2C)c1F. The number of Topliss-reactive ketones (excluding diaryl/α,β-unsaturated/α-hetero) is 1. The van der Waals surface area contributed by atoms with Crippen molar-refractivity contribution in [2.45, 2.75) is 13.3 Å². The molecule has 0 aliphatic carbocycles. The first kappa shape index (κ1) is 11.4. The molecule has 1 aromatic carbocycles. The van der Waals surface area contributed by atoms with Crippen LogP contribution in [0.2, 0.25) is 0 Å². The topological polar surface area (TPSA) is 47.8 Å². The van der Waals surface area contributed by atoms with Gasteiger partial charge in [0.15, 0.2) is 5.78 Å². The highest BCUT2D eigenvalue weighted by Crippen LogP contribution is 2.14. The molecule has 2 rings (SSSR count). The predicted molar refractivity (Wildman–Crippen MR) is 60.2 cm³/mol. The van der Waals surface area contributed by atoms with Gasteiger partial charge in [-0.3, -0.25) is 9.48 Å². The molecular formula is C12H12FN3O. The molecule has 0 amide bonds. The van der Waals surface area contributed by atoms with Gasteiger partial charge >= 0.3 is 0 Å². The van der Waals surface area contributed by atoms with Gasteiger partial charge in [0.1, 0.15) is 18.0 Å². The molecule has 88 valence electrons. The number of aromatic nitrogens is 3. The number of halogens is 1. The molecule has 5 heteroatoms. The standard InChI is InChI=1S/C12H12FN3O/c1-8-4-3-5-9(12(8)13)10(17)6-11-14-7-15-16(11)2/h3-5,7H,6H2,1-2H3. The maximum Gasteiger partial charge on any atom is 0.173 e. The molecule has 0 atom stereocenters. The molecule has 1 aromatic heterocycles. The van der Waals surface area contributed by atoms with Crippen molar-refractivity contribution in [3.8, 4) is 0 Å². The molecule has 0 radical (unpaired) electrons. The Labute approximate surface area is 98.1 Å². The fourth-order valence-corrected chi connectivity index (χ4v) is 1.58. The minimum atomic E-state index is -0.459. The number of carbonyl (C=O) groups is 1. The minimum Gasteiger partial charge on any atom is -0.294 e. The van der Waals surface area contributed by atoms with Crippen LogP contribution in [0.25, 0.3) is 0 Å². The maximum atomic E-state index is 13.7. The van der Waals surface area contributed by atoms with E-state index in [1.807, 2.05) is 0 Å². The zero-order valence-corrected chi connectivity index (χ0v) is 9.64. The lowest BCUT2D eigenvalue weighted by Crippen LogP contribution is -2.11. The Balaban J connectivity index is 2.27. The van der Waals surface area contributed by atoms with Gasteiger partial charge in [-0.15, -0.1) is 0 Å². The molecule has 0 bridgehead atoms. The van der Waals surface area contributed by atoms with Gasteiger partial charge in [-0.25, -0.2) is 9.37 Å². The number of hydrogen-bond donors (Lipinski definition) is 0. The third-order valence-corrected chi connectivity index (χ3v) is 2.62. The van der Waals surface area contributed by atoms with E-state index >= 15 is 0 Å². The first-order valence-electron chi connectivity index (χ1n) is 5.21. The largest absolute Gasteiger partial charge is 0.294 e. The van der Waals surface area contributed by atoms with Crippen molar-refractivity contribution in [1.82, 2.24) is 14.8 Å². The number of benzene rings is 1. The third kappa shape index (κ3) is 2.22. The Hall–Kier alpha value is -2.04. The summed E-state index contributed by atoms with van der Waals surface area (Å²) >= 11 is 0. The van der Waals surface area contributed by atoms with E-state index in [-0.39, 0.29) is 17.8 Å². The van der Waals surface area contributed by atoms with Gasteiger partial charge in [-0.1, -0.05) is 12.1 Å². The summed E-state index contributed by atoms with van der Waals surface area (Å²) in [7, 11) is 1.70. The molecular weight excluding hydrogens is 221 g/mol. The monoisotopic (exact) mass is 233 g/mol. The smallest absolute Gasteiger partial charge is 0.173 e. The van der Waals surface area contributed by atoms with Crippen LogP contribution in [0.3, 0.4) is 0 Å². The van der Waals surface area contributed by atoms with Crippen molar-refractivity contribution < 1.29 is 9.18 Å². The van der Waals surface area contributed by atoms with Crippen LogP contribution in [0, 0.1) is 12.7 Å². The number of nitrogens with zero attached hydrogens (tertiary/aromatic N) is 3. The normalized spacial score (nSPS) is 10.5. The molecule has 1 heterocycles. The first-order chi connectivity index (χ1) is 8.09. The summed E-state index contributed by atoms with van der Waals surface area (Å²) in [6, 6.07) is 4.79. The molecule has 2 aromatic rings. The zero-order chi connectivity index (χ0) is 12.4. The second-order valence-corrected chi connectivity index (χ2v) is 3.84. The van der Waals surface area contributed by atoms with Crippen molar-refractivity contribution in [2.24, 2.45) is 7.05 Å². The molecule has 0 spiro atoms. The number of ketones is 1. The van der Waals surface area contributed by atoms with Crippen LogP contribution in [0.4, 0.5) is 4.39 Å². The summed E-state index contributed by atoms with van der Waals surface area (Å²) in [4.78, 5) is 15.9. The molecule has 0 aliphatic rings. The van der Waals surface area contributed by atoms with E-state index < -0.39 is 5.82 Å². The van der Waals surface area contributed by atoms with E-state index in [4.69, 9.17) is 0 Å². The summed E-state index contributed by atoms with van der Waals surface area (Å²) in [6.45, 7) is 1.63. The van der Waals surface area contributed by atoms with Crippen LogP contribution in [-0.2, 0) is 13.5 Å². The van der Waals surface area contributed by atoms with E-state index in [2.05, 4.69) is 10.1 Å². The molecule has 0 N–H and O–H groups in total. The Kier molecular flexibility index (Phi) is 2.99. The van der Waals surface area contributed by atoms with Crippen LogP contribution in [0.15, 0.2) is 24.5 Å². The van der Waals surface area contributed by atoms with Crippen LogP contribution in [0.5, 0.6) is 0 Å².